The van der Waals surface area contributed by atoms with E-state index in [1.54, 1.807) is 22.6 Å². The average Bonchev–Trinajstić information content (AvgIpc) is 2.65. The number of ether oxygens (including phenoxy) is 1. The summed E-state index contributed by atoms with van der Waals surface area (Å²) >= 11 is 1.80. The molecule has 1 saturated heterocycles. The molecule has 1 aliphatic rings. The van der Waals surface area contributed by atoms with Crippen molar-refractivity contribution in [3.63, 3.8) is 0 Å². The van der Waals surface area contributed by atoms with Gasteiger partial charge in [0.05, 0.1) is 16.3 Å². The van der Waals surface area contributed by atoms with Gasteiger partial charge >= 0.3 is 5.69 Å². The maximum atomic E-state index is 11.6. The van der Waals surface area contributed by atoms with E-state index in [9.17, 15) is 14.7 Å². The average molecular weight is 354 g/mol. The summed E-state index contributed by atoms with van der Waals surface area (Å²) in [6.45, 7) is -0.313. The Balaban J connectivity index is 2.34. The molecule has 0 saturated carbocycles. The van der Waals surface area contributed by atoms with Crippen molar-refractivity contribution < 1.29 is 14.9 Å². The molecule has 94 valence electrons. The van der Waals surface area contributed by atoms with Crippen LogP contribution in [0.5, 0.6) is 0 Å². The van der Waals surface area contributed by atoms with Crippen molar-refractivity contribution in [2.45, 2.75) is 24.9 Å². The Labute approximate surface area is 109 Å². The molecule has 1 aromatic heterocycles. The maximum absolute atomic E-state index is 11.6. The second-order valence-corrected chi connectivity index (χ2v) is 4.92. The quantitative estimate of drug-likeness (QED) is 0.578. The Kier molecular flexibility index (Phi) is 3.66. The first-order valence-corrected chi connectivity index (χ1v) is 6.06. The molecule has 3 atom stereocenters. The fourth-order valence-electron chi connectivity index (χ4n) is 1.72. The van der Waals surface area contributed by atoms with E-state index < -0.39 is 29.7 Å². The van der Waals surface area contributed by atoms with E-state index in [-0.39, 0.29) is 13.0 Å². The van der Waals surface area contributed by atoms with E-state index in [1.165, 1.54) is 10.8 Å². The second kappa shape index (κ2) is 4.88. The molecule has 3 N–H and O–H groups in total. The highest BCUT2D eigenvalue weighted by molar-refractivity contribution is 14.1. The van der Waals surface area contributed by atoms with E-state index in [0.29, 0.717) is 3.57 Å². The van der Waals surface area contributed by atoms with Gasteiger partial charge in [0, 0.05) is 12.6 Å². The number of rotatable bonds is 2. The molecule has 7 nitrogen and oxygen atoms in total. The highest BCUT2D eigenvalue weighted by Crippen LogP contribution is 2.27. The van der Waals surface area contributed by atoms with Crippen LogP contribution in [0.3, 0.4) is 0 Å². The SMILES string of the molecule is O=c1[nH]c(=O)n([C@@H]2C[C@H](O)[C@H](CO)O2)cc1I. The van der Waals surface area contributed by atoms with Gasteiger partial charge in [-0.2, -0.15) is 0 Å². The highest BCUT2D eigenvalue weighted by Gasteiger charge is 2.34. The largest absolute Gasteiger partial charge is 0.394 e. The first-order chi connectivity index (χ1) is 8.02. The van der Waals surface area contributed by atoms with E-state index in [2.05, 4.69) is 4.98 Å². The van der Waals surface area contributed by atoms with Crippen LogP contribution in [0.25, 0.3) is 0 Å². The summed E-state index contributed by atoms with van der Waals surface area (Å²) in [5, 5.41) is 18.5. The molecule has 2 rings (SSSR count). The van der Waals surface area contributed by atoms with Gasteiger partial charge in [0.25, 0.3) is 5.56 Å². The van der Waals surface area contributed by atoms with Crippen molar-refractivity contribution in [1.82, 2.24) is 9.55 Å². The zero-order valence-electron chi connectivity index (χ0n) is 8.67. The Hall–Kier alpha value is -0.710. The molecule has 0 unspecified atom stereocenters. The lowest BCUT2D eigenvalue weighted by Crippen LogP contribution is -2.33. The lowest BCUT2D eigenvalue weighted by Gasteiger charge is -2.14. The predicted octanol–water partition coefficient (Wildman–Crippen LogP) is -1.22. The highest BCUT2D eigenvalue weighted by atomic mass is 127. The summed E-state index contributed by atoms with van der Waals surface area (Å²) in [7, 11) is 0. The molecule has 17 heavy (non-hydrogen) atoms. The number of H-pyrrole nitrogens is 1. The van der Waals surface area contributed by atoms with Crippen LogP contribution in [-0.4, -0.2) is 38.6 Å². The van der Waals surface area contributed by atoms with E-state index in [0.717, 1.165) is 0 Å². The molecule has 1 fully saturated rings. The Bertz CT molecular complexity index is 525. The molecule has 1 aromatic rings. The van der Waals surface area contributed by atoms with E-state index in [4.69, 9.17) is 9.84 Å². The number of nitrogens with one attached hydrogen (secondary N) is 1. The lowest BCUT2D eigenvalue weighted by molar-refractivity contribution is -0.0459. The van der Waals surface area contributed by atoms with Crippen LogP contribution in [0.1, 0.15) is 12.6 Å². The fraction of sp³-hybridized carbons (Fsp3) is 0.556. The van der Waals surface area contributed by atoms with Gasteiger partial charge in [0.15, 0.2) is 0 Å². The Morgan fingerprint density at radius 1 is 1.59 bits per heavy atom. The van der Waals surface area contributed by atoms with E-state index >= 15 is 0 Å². The van der Waals surface area contributed by atoms with Gasteiger partial charge in [-0.25, -0.2) is 4.79 Å². The lowest BCUT2D eigenvalue weighted by atomic mass is 10.2. The molecule has 0 aliphatic carbocycles. The van der Waals surface area contributed by atoms with Gasteiger partial charge in [-0.05, 0) is 22.6 Å². The summed E-state index contributed by atoms with van der Waals surface area (Å²) in [5.74, 6) is 0. The van der Waals surface area contributed by atoms with Crippen LogP contribution in [-0.2, 0) is 4.74 Å². The molecular formula is C9H11IN2O5. The number of aromatic amines is 1. The summed E-state index contributed by atoms with van der Waals surface area (Å²) in [5.41, 5.74) is -1.05. The molecule has 0 spiro atoms. The predicted molar refractivity (Wildman–Crippen MR) is 65.7 cm³/mol. The molecule has 0 amide bonds. The number of aliphatic hydroxyl groups excluding tert-OH is 2. The molecular weight excluding hydrogens is 343 g/mol. The maximum Gasteiger partial charge on any atom is 0.330 e. The Morgan fingerprint density at radius 2 is 2.29 bits per heavy atom. The number of aliphatic hydroxyl groups is 2. The third-order valence-electron chi connectivity index (χ3n) is 2.62. The van der Waals surface area contributed by atoms with Crippen molar-refractivity contribution in [2.75, 3.05) is 6.61 Å². The van der Waals surface area contributed by atoms with Gasteiger partial charge in [-0.15, -0.1) is 0 Å². The minimum atomic E-state index is -0.818. The van der Waals surface area contributed by atoms with Crippen molar-refractivity contribution in [2.24, 2.45) is 0 Å². The third-order valence-corrected chi connectivity index (χ3v) is 3.39. The molecule has 1 aliphatic heterocycles. The van der Waals surface area contributed by atoms with Crippen LogP contribution in [0.15, 0.2) is 15.8 Å². The topological polar surface area (TPSA) is 105 Å². The third kappa shape index (κ3) is 2.44. The van der Waals surface area contributed by atoms with Crippen LogP contribution < -0.4 is 11.2 Å². The van der Waals surface area contributed by atoms with Gasteiger partial charge in [0.2, 0.25) is 0 Å². The van der Waals surface area contributed by atoms with Gasteiger partial charge < -0.3 is 14.9 Å². The zero-order valence-corrected chi connectivity index (χ0v) is 10.8. The molecule has 8 heteroatoms. The standard InChI is InChI=1S/C9H11IN2O5/c10-4-2-12(9(16)11-8(4)15)7-1-5(14)6(3-13)17-7/h2,5-7,13-14H,1,3H2,(H,11,15,16)/t5-,6-,7-/m0/s1. The minimum Gasteiger partial charge on any atom is -0.394 e. The van der Waals surface area contributed by atoms with Crippen molar-refractivity contribution in [1.29, 1.82) is 0 Å². The van der Waals surface area contributed by atoms with Gasteiger partial charge in [0.1, 0.15) is 12.3 Å². The van der Waals surface area contributed by atoms with Crippen molar-refractivity contribution in [3.8, 4) is 0 Å². The first-order valence-electron chi connectivity index (χ1n) is 4.98. The number of hydrogen-bond donors (Lipinski definition) is 3. The first kappa shape index (κ1) is 12.7. The number of nitrogens with zero attached hydrogens (tertiary/aromatic N) is 1. The molecule has 0 radical (unpaired) electrons. The Morgan fingerprint density at radius 3 is 2.88 bits per heavy atom. The summed E-state index contributed by atoms with van der Waals surface area (Å²) in [6, 6.07) is 0. The summed E-state index contributed by atoms with van der Waals surface area (Å²) in [4.78, 5) is 24.9. The van der Waals surface area contributed by atoms with Gasteiger partial charge in [-0.3, -0.25) is 14.3 Å². The minimum absolute atomic E-state index is 0.202. The molecule has 0 bridgehead atoms. The number of halogens is 1. The smallest absolute Gasteiger partial charge is 0.330 e. The molecule has 0 aromatic carbocycles. The summed E-state index contributed by atoms with van der Waals surface area (Å²) in [6.07, 6.45) is -0.607. The van der Waals surface area contributed by atoms with Crippen LogP contribution in [0.2, 0.25) is 0 Å². The normalized spacial score (nSPS) is 28.5. The van der Waals surface area contributed by atoms with Crippen LogP contribution in [0.4, 0.5) is 0 Å². The number of aromatic nitrogens is 2. The monoisotopic (exact) mass is 354 g/mol. The molecule has 2 heterocycles. The van der Waals surface area contributed by atoms with Gasteiger partial charge in [-0.1, -0.05) is 0 Å². The van der Waals surface area contributed by atoms with Crippen molar-refractivity contribution >= 4 is 22.6 Å². The fourth-order valence-corrected chi connectivity index (χ4v) is 2.16. The van der Waals surface area contributed by atoms with Crippen LogP contribution in [0, 0.1) is 3.57 Å². The van der Waals surface area contributed by atoms with Crippen molar-refractivity contribution in [3.05, 3.63) is 30.6 Å². The zero-order chi connectivity index (χ0) is 12.6. The van der Waals surface area contributed by atoms with Crippen LogP contribution >= 0.6 is 22.6 Å². The number of hydrogen-bond acceptors (Lipinski definition) is 5. The second-order valence-electron chi connectivity index (χ2n) is 3.76. The van der Waals surface area contributed by atoms with E-state index in [1.807, 2.05) is 0 Å². The summed E-state index contributed by atoms with van der Waals surface area (Å²) < 4.78 is 6.89.